The van der Waals surface area contributed by atoms with Crippen molar-refractivity contribution in [3.8, 4) is 11.5 Å². The molecule has 0 aromatic heterocycles. The number of benzene rings is 1. The first-order valence-electron chi connectivity index (χ1n) is 13.6. The third kappa shape index (κ3) is 5.55. The van der Waals surface area contributed by atoms with Gasteiger partial charge in [0.2, 0.25) is 11.8 Å². The predicted molar refractivity (Wildman–Crippen MR) is 131 cm³/mol. The van der Waals surface area contributed by atoms with Crippen LogP contribution in [0, 0.1) is 35.4 Å². The second-order valence-electron chi connectivity index (χ2n) is 11.7. The number of amides is 2. The van der Waals surface area contributed by atoms with Crippen LogP contribution in [0.2, 0.25) is 0 Å². The lowest BCUT2D eigenvalue weighted by Gasteiger charge is -2.36. The highest BCUT2D eigenvalue weighted by molar-refractivity contribution is 5.98. The van der Waals surface area contributed by atoms with E-state index in [9.17, 15) is 22.8 Å². The van der Waals surface area contributed by atoms with Gasteiger partial charge in [0.15, 0.2) is 11.6 Å². The molecule has 4 fully saturated rings. The second kappa shape index (κ2) is 10.4. The first kappa shape index (κ1) is 26.2. The zero-order valence-electron chi connectivity index (χ0n) is 21.5. The summed E-state index contributed by atoms with van der Waals surface area (Å²) in [5, 5.41) is 5.90. The van der Waals surface area contributed by atoms with E-state index < -0.39 is 23.6 Å². The maximum atomic E-state index is 14.8. The monoisotopic (exact) mass is 522 g/mol. The maximum Gasteiger partial charge on any atom is 0.255 e. The Hall–Kier alpha value is -2.45. The average Bonchev–Trinajstić information content (AvgIpc) is 3.45. The Morgan fingerprint density at radius 3 is 2.41 bits per heavy atom. The van der Waals surface area contributed by atoms with Crippen LogP contribution < -0.4 is 20.1 Å². The average molecular weight is 523 g/mol. The van der Waals surface area contributed by atoms with Crippen molar-refractivity contribution in [2.45, 2.75) is 82.8 Å². The summed E-state index contributed by atoms with van der Waals surface area (Å²) in [4.78, 5) is 26.5. The van der Waals surface area contributed by atoms with E-state index >= 15 is 0 Å². The molecule has 5 rings (SSSR count). The molecule has 2 amide bonds. The molecular formula is C28H37F3N2O4. The van der Waals surface area contributed by atoms with Crippen LogP contribution in [0.15, 0.2) is 12.1 Å². The summed E-state index contributed by atoms with van der Waals surface area (Å²) in [6, 6.07) is 2.21. The number of fused-ring (bicyclic) bond motifs is 2. The Morgan fingerprint density at radius 1 is 1.03 bits per heavy atom. The number of carbonyl (C=O) groups excluding carboxylic acids is 2. The van der Waals surface area contributed by atoms with Crippen molar-refractivity contribution in [2.24, 2.45) is 29.6 Å². The lowest BCUT2D eigenvalue weighted by atomic mass is 9.80. The fraction of sp³-hybridized carbons (Fsp3) is 0.714. The van der Waals surface area contributed by atoms with Crippen molar-refractivity contribution in [1.82, 2.24) is 10.6 Å². The number of alkyl halides is 2. The minimum Gasteiger partial charge on any atom is -0.496 e. The summed E-state index contributed by atoms with van der Waals surface area (Å²) in [7, 11) is 1.38. The van der Waals surface area contributed by atoms with E-state index in [1.807, 2.05) is 0 Å². The maximum absolute atomic E-state index is 14.8. The second-order valence-corrected chi connectivity index (χ2v) is 11.7. The van der Waals surface area contributed by atoms with Crippen LogP contribution in [0.3, 0.4) is 0 Å². The summed E-state index contributed by atoms with van der Waals surface area (Å²) < 4.78 is 52.4. The van der Waals surface area contributed by atoms with Crippen LogP contribution in [0.5, 0.6) is 11.5 Å². The Bertz CT molecular complexity index is 1020. The smallest absolute Gasteiger partial charge is 0.255 e. The number of rotatable bonds is 8. The van der Waals surface area contributed by atoms with Crippen LogP contribution >= 0.6 is 0 Å². The van der Waals surface area contributed by atoms with E-state index in [0.29, 0.717) is 5.92 Å². The van der Waals surface area contributed by atoms with Gasteiger partial charge in [0, 0.05) is 31.5 Å². The van der Waals surface area contributed by atoms with Crippen LogP contribution in [0.25, 0.3) is 0 Å². The quantitative estimate of drug-likeness (QED) is 0.498. The number of hydrogen-bond donors (Lipinski definition) is 2. The molecule has 0 aliphatic heterocycles. The molecule has 4 saturated carbocycles. The summed E-state index contributed by atoms with van der Waals surface area (Å²) in [6.45, 7) is 2.43. The van der Waals surface area contributed by atoms with E-state index in [1.54, 1.807) is 0 Å². The molecule has 0 spiro atoms. The number of carbonyl (C=O) groups is 2. The number of hydrogen-bond acceptors (Lipinski definition) is 4. The molecular weight excluding hydrogens is 485 g/mol. The van der Waals surface area contributed by atoms with Crippen molar-refractivity contribution in [3.63, 3.8) is 0 Å². The molecule has 2 N–H and O–H groups in total. The molecule has 4 aliphatic carbocycles. The largest absolute Gasteiger partial charge is 0.496 e. The number of halogens is 3. The van der Waals surface area contributed by atoms with Gasteiger partial charge in [0.1, 0.15) is 5.75 Å². The van der Waals surface area contributed by atoms with Crippen LogP contribution in [0.4, 0.5) is 13.2 Å². The molecule has 204 valence electrons. The first-order valence-corrected chi connectivity index (χ1v) is 13.6. The summed E-state index contributed by atoms with van der Waals surface area (Å²) in [5.41, 5.74) is 0.168. The summed E-state index contributed by atoms with van der Waals surface area (Å²) in [5.74, 6) is -3.35. The fourth-order valence-corrected chi connectivity index (χ4v) is 6.90. The zero-order chi connectivity index (χ0) is 26.3. The molecule has 1 aromatic rings. The van der Waals surface area contributed by atoms with E-state index in [2.05, 4.69) is 17.6 Å². The van der Waals surface area contributed by atoms with Gasteiger partial charge in [-0.3, -0.25) is 9.59 Å². The van der Waals surface area contributed by atoms with Gasteiger partial charge in [-0.25, -0.2) is 13.2 Å². The van der Waals surface area contributed by atoms with Crippen LogP contribution in [-0.2, 0) is 4.79 Å². The van der Waals surface area contributed by atoms with Crippen molar-refractivity contribution >= 4 is 11.8 Å². The van der Waals surface area contributed by atoms with Crippen molar-refractivity contribution in [1.29, 1.82) is 0 Å². The van der Waals surface area contributed by atoms with Crippen LogP contribution in [-0.4, -0.2) is 43.5 Å². The minimum atomic E-state index is -2.62. The zero-order valence-corrected chi connectivity index (χ0v) is 21.5. The van der Waals surface area contributed by atoms with Gasteiger partial charge in [-0.15, -0.1) is 0 Å². The van der Waals surface area contributed by atoms with Crippen molar-refractivity contribution in [2.75, 3.05) is 13.7 Å². The number of nitrogens with one attached hydrogen (secondary N) is 2. The summed E-state index contributed by atoms with van der Waals surface area (Å²) >= 11 is 0. The minimum absolute atomic E-state index is 0.0324. The van der Waals surface area contributed by atoms with Gasteiger partial charge in [0.25, 0.3) is 5.91 Å². The van der Waals surface area contributed by atoms with Crippen molar-refractivity contribution in [3.05, 3.63) is 23.5 Å². The van der Waals surface area contributed by atoms with Gasteiger partial charge in [0.05, 0.1) is 24.7 Å². The molecule has 6 nitrogen and oxygen atoms in total. The van der Waals surface area contributed by atoms with E-state index in [-0.39, 0.29) is 72.3 Å². The van der Waals surface area contributed by atoms with Crippen molar-refractivity contribution < 1.29 is 32.2 Å². The normalized spacial score (nSPS) is 32.5. The van der Waals surface area contributed by atoms with Gasteiger partial charge in [-0.2, -0.15) is 0 Å². The fourth-order valence-electron chi connectivity index (χ4n) is 6.90. The Kier molecular flexibility index (Phi) is 7.33. The topological polar surface area (TPSA) is 76.7 Å². The molecule has 4 atom stereocenters. The standard InChI is InChI=1S/C28H37F3N2O4/c1-15-3-7-19(8-4-15)37-23-10-20(22(36-2)11-21(23)29)26(34)33-25-18-6-5-17(9-18)24(25)27(35)32-14-16-12-28(30,31)13-16/h10-11,15-19,24-25H,3-9,12-14H2,1-2H3,(H,32,35)(H,33,34)/t15-,17-,18+,19-,24+,25-/m1/s1. The van der Waals surface area contributed by atoms with Gasteiger partial charge < -0.3 is 20.1 Å². The number of ether oxygens (including phenoxy) is 2. The van der Waals surface area contributed by atoms with Gasteiger partial charge in [-0.05, 0) is 74.7 Å². The highest BCUT2D eigenvalue weighted by Crippen LogP contribution is 2.49. The SMILES string of the molecule is COc1cc(F)c(O[C@H]2CC[C@H](C)CC2)cc1C(=O)N[C@@H]1[C@H]2CC[C@H](C2)[C@@H]1C(=O)NCC1CC(F)(F)C1. The highest BCUT2D eigenvalue weighted by Gasteiger charge is 2.52. The number of methoxy groups -OCH3 is 1. The molecule has 0 saturated heterocycles. The Balaban J connectivity index is 1.27. The first-order chi connectivity index (χ1) is 17.6. The van der Waals surface area contributed by atoms with Gasteiger partial charge in [-0.1, -0.05) is 6.92 Å². The third-order valence-corrected chi connectivity index (χ3v) is 9.01. The molecule has 0 unspecified atom stereocenters. The highest BCUT2D eigenvalue weighted by atomic mass is 19.3. The molecule has 9 heteroatoms. The Labute approximate surface area is 216 Å². The third-order valence-electron chi connectivity index (χ3n) is 9.01. The molecule has 0 radical (unpaired) electrons. The molecule has 2 bridgehead atoms. The predicted octanol–water partition coefficient (Wildman–Crippen LogP) is 5.10. The molecule has 4 aliphatic rings. The molecule has 1 aromatic carbocycles. The van der Waals surface area contributed by atoms with E-state index in [1.165, 1.54) is 19.2 Å². The van der Waals surface area contributed by atoms with Gasteiger partial charge >= 0.3 is 0 Å². The molecule has 0 heterocycles. The van der Waals surface area contributed by atoms with E-state index in [4.69, 9.17) is 9.47 Å². The lowest BCUT2D eigenvalue weighted by Crippen LogP contribution is -2.51. The van der Waals surface area contributed by atoms with E-state index in [0.717, 1.165) is 44.9 Å². The lowest BCUT2D eigenvalue weighted by molar-refractivity contribution is -0.131. The Morgan fingerprint density at radius 2 is 1.73 bits per heavy atom. The van der Waals surface area contributed by atoms with Crippen LogP contribution in [0.1, 0.15) is 75.1 Å². The summed E-state index contributed by atoms with van der Waals surface area (Å²) in [6.07, 6.45) is 5.92. The molecule has 37 heavy (non-hydrogen) atoms.